The van der Waals surface area contributed by atoms with Crippen LogP contribution in [0, 0.1) is 5.82 Å². The molecule has 1 atom stereocenters. The molecule has 0 spiro atoms. The van der Waals surface area contributed by atoms with E-state index < -0.39 is 29.6 Å². The molecule has 2 aromatic heterocycles. The summed E-state index contributed by atoms with van der Waals surface area (Å²) >= 11 is 0. The van der Waals surface area contributed by atoms with Crippen molar-refractivity contribution in [3.63, 3.8) is 0 Å². The van der Waals surface area contributed by atoms with Gasteiger partial charge in [0, 0.05) is 34.6 Å². The van der Waals surface area contributed by atoms with Gasteiger partial charge >= 0.3 is 12.2 Å². The number of imide groups is 1. The number of amides is 2. The van der Waals surface area contributed by atoms with Gasteiger partial charge in [-0.1, -0.05) is 134 Å². The summed E-state index contributed by atoms with van der Waals surface area (Å²) < 4.78 is 25.4. The van der Waals surface area contributed by atoms with E-state index in [-0.39, 0.29) is 34.0 Å². The lowest BCUT2D eigenvalue weighted by molar-refractivity contribution is 0.184. The number of hydrogen-bond donors (Lipinski definition) is 3. The average molecular weight is 812 g/mol. The highest BCUT2D eigenvalue weighted by Crippen LogP contribution is 2.45. The molecule has 10 nitrogen and oxygen atoms in total. The first-order valence-corrected chi connectivity index (χ1v) is 19.9. The minimum Gasteiger partial charge on any atom is -0.491 e. The second-order valence-electron chi connectivity index (χ2n) is 14.4. The molecule has 6 aromatic carbocycles. The van der Waals surface area contributed by atoms with Crippen molar-refractivity contribution in [2.45, 2.75) is 31.8 Å². The molecule has 0 aliphatic heterocycles. The summed E-state index contributed by atoms with van der Waals surface area (Å²) in [6.45, 7) is 4.06. The predicted octanol–water partition coefficient (Wildman–Crippen LogP) is 11.4. The maximum atomic E-state index is 17.4. The van der Waals surface area contributed by atoms with Crippen LogP contribution >= 0.6 is 0 Å². The molecule has 0 bridgehead atoms. The molecule has 11 heteroatoms. The molecule has 8 aromatic rings. The smallest absolute Gasteiger partial charge is 0.422 e. The number of nitrogens with one attached hydrogen (secondary N) is 1. The van der Waals surface area contributed by atoms with Crippen LogP contribution in [0.15, 0.2) is 170 Å². The van der Waals surface area contributed by atoms with Gasteiger partial charge in [0.15, 0.2) is 17.4 Å². The van der Waals surface area contributed by atoms with E-state index in [2.05, 4.69) is 51.3 Å². The number of anilines is 2. The lowest BCUT2D eigenvalue weighted by Gasteiger charge is -2.39. The van der Waals surface area contributed by atoms with Crippen molar-refractivity contribution in [3.05, 3.63) is 210 Å². The fourth-order valence-corrected chi connectivity index (χ4v) is 8.06. The molecule has 304 valence electrons. The van der Waals surface area contributed by atoms with E-state index in [0.29, 0.717) is 29.0 Å². The van der Waals surface area contributed by atoms with E-state index in [9.17, 15) is 19.8 Å². The van der Waals surface area contributed by atoms with Crippen molar-refractivity contribution in [2.24, 2.45) is 0 Å². The zero-order valence-electron chi connectivity index (χ0n) is 33.4. The summed E-state index contributed by atoms with van der Waals surface area (Å²) in [5, 5.41) is 24.0. The van der Waals surface area contributed by atoms with Gasteiger partial charge in [0.1, 0.15) is 17.4 Å². The number of ether oxygens (including phenoxy) is 1. The maximum absolute atomic E-state index is 17.4. The number of benzene rings is 6. The molecular formula is C50H42FN5O5. The third-order valence-corrected chi connectivity index (χ3v) is 10.8. The molecular weight excluding hydrogens is 770 g/mol. The Labute approximate surface area is 352 Å². The molecule has 2 heterocycles. The van der Waals surface area contributed by atoms with Gasteiger partial charge in [-0.2, -0.15) is 4.90 Å². The first kappa shape index (κ1) is 40.0. The van der Waals surface area contributed by atoms with Crippen LogP contribution in [0.5, 0.6) is 5.75 Å². The van der Waals surface area contributed by atoms with Crippen molar-refractivity contribution < 1.29 is 28.9 Å². The van der Waals surface area contributed by atoms with Gasteiger partial charge in [-0.15, -0.1) is 0 Å². The van der Waals surface area contributed by atoms with E-state index in [4.69, 9.17) is 9.72 Å². The number of carbonyl (C=O) groups is 2. The lowest BCUT2D eigenvalue weighted by atomic mass is 9.76. The second-order valence-corrected chi connectivity index (χ2v) is 14.4. The molecule has 0 aliphatic rings. The third-order valence-electron chi connectivity index (χ3n) is 10.8. The van der Waals surface area contributed by atoms with E-state index >= 15 is 4.39 Å². The van der Waals surface area contributed by atoms with Gasteiger partial charge in [-0.05, 0) is 71.3 Å². The Balaban J connectivity index is 1.46. The van der Waals surface area contributed by atoms with Crippen LogP contribution in [0.25, 0.3) is 22.0 Å². The molecule has 8 rings (SSSR count). The third kappa shape index (κ3) is 7.53. The summed E-state index contributed by atoms with van der Waals surface area (Å²) in [4.78, 5) is 33.8. The number of hydrogen-bond acceptors (Lipinski definition) is 6. The summed E-state index contributed by atoms with van der Waals surface area (Å²) in [6, 6.07) is 49.6. The van der Waals surface area contributed by atoms with Gasteiger partial charge in [-0.25, -0.2) is 23.9 Å². The van der Waals surface area contributed by atoms with Gasteiger partial charge < -0.3 is 24.8 Å². The van der Waals surface area contributed by atoms with Gasteiger partial charge in [-0.3, -0.25) is 0 Å². The highest BCUT2D eigenvalue weighted by atomic mass is 19.1. The zero-order valence-corrected chi connectivity index (χ0v) is 33.4. The van der Waals surface area contributed by atoms with Crippen LogP contribution in [-0.2, 0) is 12.0 Å². The number of aromatic nitrogens is 3. The molecule has 2 amide bonds. The Bertz CT molecular complexity index is 2710. The van der Waals surface area contributed by atoms with Gasteiger partial charge in [0.2, 0.25) is 0 Å². The normalized spacial score (nSPS) is 11.9. The molecule has 0 saturated carbocycles. The highest BCUT2D eigenvalue weighted by Gasteiger charge is 2.42. The fraction of sp³-hybridized carbons (Fsp3) is 0.120. The van der Waals surface area contributed by atoms with Crippen molar-refractivity contribution >= 4 is 34.5 Å². The predicted molar refractivity (Wildman–Crippen MR) is 235 cm³/mol. The Morgan fingerprint density at radius 2 is 1.34 bits per heavy atom. The van der Waals surface area contributed by atoms with Crippen LogP contribution in [0.4, 0.5) is 25.5 Å². The summed E-state index contributed by atoms with van der Waals surface area (Å²) in [5.74, 6) is -0.224. The number of halogens is 1. The lowest BCUT2D eigenvalue weighted by Crippen LogP contribution is -2.39. The second kappa shape index (κ2) is 17.2. The number of aryl methyl sites for hydroxylation is 1. The molecule has 0 aliphatic carbocycles. The Morgan fingerprint density at radius 1 is 0.770 bits per heavy atom. The zero-order chi connectivity index (χ0) is 42.5. The minimum atomic E-state index is -1.69. The van der Waals surface area contributed by atoms with Crippen LogP contribution < -0.4 is 15.0 Å². The summed E-state index contributed by atoms with van der Waals surface area (Å²) in [6.07, 6.45) is 0.601. The average Bonchev–Trinajstić information content (AvgIpc) is 3.73. The van der Waals surface area contributed by atoms with Gasteiger partial charge in [0.25, 0.3) is 0 Å². The quantitative estimate of drug-likeness (QED) is 0.0982. The molecule has 1 unspecified atom stereocenters. The number of imidazole rings is 1. The summed E-state index contributed by atoms with van der Waals surface area (Å²) in [7, 11) is 0. The maximum Gasteiger partial charge on any atom is 0.422 e. The first-order chi connectivity index (χ1) is 29.7. The van der Waals surface area contributed by atoms with Crippen molar-refractivity contribution in [1.82, 2.24) is 14.5 Å². The Kier molecular flexibility index (Phi) is 11.3. The minimum absolute atomic E-state index is 0.113. The van der Waals surface area contributed by atoms with Crippen LogP contribution in [0.2, 0.25) is 0 Å². The van der Waals surface area contributed by atoms with E-state index in [1.165, 1.54) is 6.20 Å². The van der Waals surface area contributed by atoms with Gasteiger partial charge in [0.05, 0.1) is 12.3 Å². The van der Waals surface area contributed by atoms with E-state index in [0.717, 1.165) is 27.8 Å². The number of pyridine rings is 1. The number of carboxylic acid groups (broad SMARTS) is 2. The van der Waals surface area contributed by atoms with E-state index in [1.807, 2.05) is 111 Å². The SMILES string of the molecule is CCOc1cc(CC)cc(C(Nc2ccc3c(N(C(=O)O)C(=O)O)nccc3c2)c2nc(-c3ccccc3)cn2C(c2ccccc2)(c2ccccc2)c2ccccc2)c1F. The van der Waals surface area contributed by atoms with Crippen molar-refractivity contribution in [1.29, 1.82) is 0 Å². The fourth-order valence-electron chi connectivity index (χ4n) is 8.06. The topological polar surface area (TPSA) is 130 Å². The number of nitrogens with zero attached hydrogens (tertiary/aromatic N) is 4. The molecule has 3 N–H and O–H groups in total. The number of fused-ring (bicyclic) bond motifs is 1. The monoisotopic (exact) mass is 811 g/mol. The molecule has 0 radical (unpaired) electrons. The van der Waals surface area contributed by atoms with Crippen LogP contribution in [0.1, 0.15) is 53.5 Å². The van der Waals surface area contributed by atoms with Crippen molar-refractivity contribution in [3.8, 4) is 17.0 Å². The molecule has 0 saturated heterocycles. The number of rotatable bonds is 13. The van der Waals surface area contributed by atoms with Crippen molar-refractivity contribution in [2.75, 3.05) is 16.8 Å². The largest absolute Gasteiger partial charge is 0.491 e. The van der Waals surface area contributed by atoms with E-state index in [1.54, 1.807) is 30.3 Å². The first-order valence-electron chi connectivity index (χ1n) is 19.9. The highest BCUT2D eigenvalue weighted by molar-refractivity contribution is 6.12. The molecule has 0 fully saturated rings. The Hall–Kier alpha value is -7.79. The Morgan fingerprint density at radius 3 is 1.89 bits per heavy atom. The van der Waals surface area contributed by atoms with Crippen LogP contribution in [0.3, 0.4) is 0 Å². The van der Waals surface area contributed by atoms with Crippen LogP contribution in [-0.4, -0.2) is 43.5 Å². The molecule has 61 heavy (non-hydrogen) atoms. The standard InChI is InChI=1S/C50H42FN5O5/c1-3-33-29-41(44(51)43(30-33)61-4-2)45(53-39-25-26-40-35(31-39)27-28-52-46(40)56(48(57)58)49(59)60)47-54-42(34-17-9-5-10-18-34)32-55(47)50(36-19-11-6-12-20-36,37-21-13-7-14-22-37)38-23-15-8-16-24-38/h5-32,45,53H,3-4H2,1-2H3,(H,57,58)(H,59,60). The summed E-state index contributed by atoms with van der Waals surface area (Å²) in [5.41, 5.74) is 4.94.